The maximum Gasteiger partial charge on any atom is 0.258 e. The molecule has 1 fully saturated rings. The van der Waals surface area contributed by atoms with Crippen molar-refractivity contribution in [1.29, 1.82) is 0 Å². The number of nitrogens with one attached hydrogen (secondary N) is 1. The Morgan fingerprint density at radius 3 is 2.75 bits per heavy atom. The quantitative estimate of drug-likeness (QED) is 0.790. The molecule has 0 radical (unpaired) electrons. The number of aromatic nitrogens is 4. The van der Waals surface area contributed by atoms with Gasteiger partial charge < -0.3 is 5.32 Å². The van der Waals surface area contributed by atoms with Crippen molar-refractivity contribution in [3.05, 3.63) is 65.2 Å². The van der Waals surface area contributed by atoms with E-state index in [4.69, 9.17) is 11.6 Å². The predicted octanol–water partition coefficient (Wildman–Crippen LogP) is 3.45. The lowest BCUT2D eigenvalue weighted by Crippen LogP contribution is -2.15. The molecular formula is C17H14ClN5O. The number of rotatable bonds is 4. The first-order valence-corrected chi connectivity index (χ1v) is 8.03. The lowest BCUT2D eigenvalue weighted by Gasteiger charge is -2.07. The molecule has 1 N–H and O–H groups in total. The Bertz CT molecular complexity index is 903. The van der Waals surface area contributed by atoms with Gasteiger partial charge in [0.2, 0.25) is 0 Å². The largest absolute Gasteiger partial charge is 0.305 e. The first-order chi connectivity index (χ1) is 11.7. The number of nitrogens with zero attached hydrogens (tertiary/aromatic N) is 4. The van der Waals surface area contributed by atoms with Crippen LogP contribution in [0.25, 0.3) is 5.82 Å². The van der Waals surface area contributed by atoms with Crippen molar-refractivity contribution in [2.75, 3.05) is 5.32 Å². The molecule has 120 valence electrons. The maximum atomic E-state index is 12.5. The lowest BCUT2D eigenvalue weighted by molar-refractivity contribution is 0.102. The molecule has 0 aromatic carbocycles. The summed E-state index contributed by atoms with van der Waals surface area (Å²) in [5.74, 6) is 1.14. The summed E-state index contributed by atoms with van der Waals surface area (Å²) < 4.78 is 1.53. The molecule has 24 heavy (non-hydrogen) atoms. The van der Waals surface area contributed by atoms with Crippen LogP contribution in [-0.2, 0) is 0 Å². The zero-order chi connectivity index (χ0) is 16.5. The van der Waals surface area contributed by atoms with Gasteiger partial charge >= 0.3 is 0 Å². The maximum absolute atomic E-state index is 12.5. The van der Waals surface area contributed by atoms with Crippen molar-refractivity contribution in [3.8, 4) is 5.82 Å². The number of amides is 1. The number of carbonyl (C=O) groups excluding carboxylic acids is 1. The van der Waals surface area contributed by atoms with Crippen LogP contribution < -0.4 is 5.32 Å². The molecule has 3 heterocycles. The summed E-state index contributed by atoms with van der Waals surface area (Å²) in [6.45, 7) is 0. The Labute approximate surface area is 143 Å². The van der Waals surface area contributed by atoms with Gasteiger partial charge in [0.25, 0.3) is 5.91 Å². The second-order valence-corrected chi connectivity index (χ2v) is 6.03. The van der Waals surface area contributed by atoms with E-state index in [2.05, 4.69) is 20.4 Å². The second kappa shape index (κ2) is 6.05. The fourth-order valence-electron chi connectivity index (χ4n) is 2.53. The van der Waals surface area contributed by atoms with Gasteiger partial charge in [0, 0.05) is 30.6 Å². The van der Waals surface area contributed by atoms with E-state index in [0.29, 0.717) is 28.1 Å². The van der Waals surface area contributed by atoms with E-state index in [0.717, 1.165) is 18.5 Å². The summed E-state index contributed by atoms with van der Waals surface area (Å²) in [7, 11) is 0. The number of anilines is 1. The Hall–Kier alpha value is -2.73. The van der Waals surface area contributed by atoms with E-state index in [1.165, 1.54) is 4.68 Å². The van der Waals surface area contributed by atoms with Crippen LogP contribution in [0.2, 0.25) is 5.02 Å². The molecule has 1 saturated carbocycles. The van der Waals surface area contributed by atoms with Crippen LogP contribution in [0.3, 0.4) is 0 Å². The Kier molecular flexibility index (Phi) is 3.74. The summed E-state index contributed by atoms with van der Waals surface area (Å²) in [6.07, 6.45) is 7.24. The van der Waals surface area contributed by atoms with E-state index in [1.54, 1.807) is 48.9 Å². The Morgan fingerprint density at radius 2 is 1.96 bits per heavy atom. The van der Waals surface area contributed by atoms with Crippen LogP contribution in [0.15, 0.2) is 48.9 Å². The summed E-state index contributed by atoms with van der Waals surface area (Å²) >= 11 is 6.11. The van der Waals surface area contributed by atoms with Crippen LogP contribution in [0.4, 0.5) is 5.82 Å². The normalized spacial score (nSPS) is 13.7. The third-order valence-electron chi connectivity index (χ3n) is 3.83. The van der Waals surface area contributed by atoms with Crippen LogP contribution >= 0.6 is 11.6 Å². The number of pyridine rings is 2. The van der Waals surface area contributed by atoms with Crippen molar-refractivity contribution in [2.45, 2.75) is 18.8 Å². The van der Waals surface area contributed by atoms with Crippen LogP contribution in [0.1, 0.15) is 34.8 Å². The SMILES string of the molecule is O=C(Nc1ccn(-c2ncccc2Cl)n1)c1cccnc1C1CC1. The molecule has 3 aromatic heterocycles. The molecule has 1 aliphatic rings. The fourth-order valence-corrected chi connectivity index (χ4v) is 2.74. The summed E-state index contributed by atoms with van der Waals surface area (Å²) in [4.78, 5) is 21.1. The number of carbonyl (C=O) groups is 1. The van der Waals surface area contributed by atoms with Crippen LogP contribution in [-0.4, -0.2) is 25.7 Å². The molecule has 0 bridgehead atoms. The van der Waals surface area contributed by atoms with Crippen molar-refractivity contribution in [2.24, 2.45) is 0 Å². The van der Waals surface area contributed by atoms with Gasteiger partial charge in [-0.3, -0.25) is 9.78 Å². The smallest absolute Gasteiger partial charge is 0.258 e. The van der Waals surface area contributed by atoms with Gasteiger partial charge in [-0.05, 0) is 37.1 Å². The molecular weight excluding hydrogens is 326 g/mol. The van der Waals surface area contributed by atoms with E-state index in [9.17, 15) is 4.79 Å². The minimum absolute atomic E-state index is 0.206. The molecule has 1 aliphatic carbocycles. The lowest BCUT2D eigenvalue weighted by atomic mass is 10.1. The van der Waals surface area contributed by atoms with Crippen LogP contribution in [0, 0.1) is 0 Å². The zero-order valence-electron chi connectivity index (χ0n) is 12.7. The van der Waals surface area contributed by atoms with Gasteiger partial charge in [-0.15, -0.1) is 5.10 Å². The van der Waals surface area contributed by atoms with Gasteiger partial charge in [-0.25, -0.2) is 9.67 Å². The highest BCUT2D eigenvalue weighted by Crippen LogP contribution is 2.40. The van der Waals surface area contributed by atoms with Crippen molar-refractivity contribution in [1.82, 2.24) is 19.7 Å². The predicted molar refractivity (Wildman–Crippen MR) is 90.5 cm³/mol. The average molecular weight is 340 g/mol. The topological polar surface area (TPSA) is 72.7 Å². The molecule has 4 rings (SSSR count). The molecule has 0 spiro atoms. The van der Waals surface area contributed by atoms with Crippen molar-refractivity contribution in [3.63, 3.8) is 0 Å². The van der Waals surface area contributed by atoms with E-state index >= 15 is 0 Å². The number of hydrogen-bond acceptors (Lipinski definition) is 4. The highest BCUT2D eigenvalue weighted by Gasteiger charge is 2.29. The minimum Gasteiger partial charge on any atom is -0.305 e. The number of hydrogen-bond donors (Lipinski definition) is 1. The summed E-state index contributed by atoms with van der Waals surface area (Å²) in [5.41, 5.74) is 1.47. The van der Waals surface area contributed by atoms with E-state index in [-0.39, 0.29) is 5.91 Å². The average Bonchev–Trinajstić information content (AvgIpc) is 3.35. The monoisotopic (exact) mass is 339 g/mol. The first kappa shape index (κ1) is 14.8. The highest BCUT2D eigenvalue weighted by molar-refractivity contribution is 6.32. The Morgan fingerprint density at radius 1 is 1.17 bits per heavy atom. The number of halogens is 1. The highest BCUT2D eigenvalue weighted by atomic mass is 35.5. The van der Waals surface area contributed by atoms with Gasteiger partial charge in [-0.1, -0.05) is 11.6 Å². The van der Waals surface area contributed by atoms with Gasteiger partial charge in [-0.2, -0.15) is 0 Å². The third kappa shape index (κ3) is 2.88. The molecule has 0 unspecified atom stereocenters. The second-order valence-electron chi connectivity index (χ2n) is 5.62. The molecule has 0 atom stereocenters. The summed E-state index contributed by atoms with van der Waals surface area (Å²) in [5, 5.41) is 7.61. The zero-order valence-corrected chi connectivity index (χ0v) is 13.4. The molecule has 6 nitrogen and oxygen atoms in total. The molecule has 3 aromatic rings. The minimum atomic E-state index is -0.206. The van der Waals surface area contributed by atoms with Crippen molar-refractivity contribution < 1.29 is 4.79 Å². The molecule has 1 amide bonds. The molecule has 0 aliphatic heterocycles. The fraction of sp³-hybridized carbons (Fsp3) is 0.176. The first-order valence-electron chi connectivity index (χ1n) is 7.65. The van der Waals surface area contributed by atoms with Crippen LogP contribution in [0.5, 0.6) is 0 Å². The molecule has 0 saturated heterocycles. The van der Waals surface area contributed by atoms with Gasteiger partial charge in [0.05, 0.1) is 16.3 Å². The standard InChI is InChI=1S/C17H14ClN5O/c18-13-4-2-9-20-16(13)23-10-7-14(22-23)21-17(24)12-3-1-8-19-15(12)11-5-6-11/h1-4,7-11H,5-6H2,(H,21,22,24). The van der Waals surface area contributed by atoms with Crippen molar-refractivity contribution >= 4 is 23.3 Å². The Balaban J connectivity index is 1.56. The van der Waals surface area contributed by atoms with E-state index in [1.807, 2.05) is 0 Å². The molecule has 7 heteroatoms. The van der Waals surface area contributed by atoms with Gasteiger partial charge in [0.1, 0.15) is 0 Å². The van der Waals surface area contributed by atoms with Gasteiger partial charge in [0.15, 0.2) is 11.6 Å². The third-order valence-corrected chi connectivity index (χ3v) is 4.13. The van der Waals surface area contributed by atoms with E-state index < -0.39 is 0 Å². The summed E-state index contributed by atoms with van der Waals surface area (Å²) in [6, 6.07) is 8.76.